The van der Waals surface area contributed by atoms with Gasteiger partial charge in [-0.3, -0.25) is 9.78 Å². The highest BCUT2D eigenvalue weighted by atomic mass is 16.2. The topological polar surface area (TPSA) is 70.7 Å². The summed E-state index contributed by atoms with van der Waals surface area (Å²) < 4.78 is 2.23. The molecule has 5 nitrogen and oxygen atoms in total. The van der Waals surface area contributed by atoms with E-state index in [0.29, 0.717) is 10.9 Å². The Labute approximate surface area is 195 Å². The third-order valence-corrected chi connectivity index (χ3v) is 7.68. The van der Waals surface area contributed by atoms with Crippen LogP contribution in [0.2, 0.25) is 0 Å². The highest BCUT2D eigenvalue weighted by Gasteiger charge is 2.38. The first kappa shape index (κ1) is 19.4. The molecule has 0 radical (unpaired) electrons. The van der Waals surface area contributed by atoms with Crippen LogP contribution in [0, 0.1) is 0 Å². The average Bonchev–Trinajstić information content (AvgIpc) is 3.27. The zero-order valence-electron chi connectivity index (χ0n) is 19.0. The highest BCUT2D eigenvalue weighted by molar-refractivity contribution is 6.11. The fourth-order valence-corrected chi connectivity index (χ4v) is 6.05. The van der Waals surface area contributed by atoms with Crippen molar-refractivity contribution >= 4 is 38.3 Å². The fraction of sp³-hybridized carbons (Fsp3) is 0.172. The number of benzene rings is 3. The third kappa shape index (κ3) is 2.44. The zero-order valence-corrected chi connectivity index (χ0v) is 19.0. The maximum Gasteiger partial charge on any atom is 0.326 e. The number of rotatable bonds is 1. The summed E-state index contributed by atoms with van der Waals surface area (Å²) in [5.74, 6) is 0. The van der Waals surface area contributed by atoms with Crippen molar-refractivity contribution in [2.45, 2.75) is 32.1 Å². The van der Waals surface area contributed by atoms with Gasteiger partial charge in [0.1, 0.15) is 0 Å². The predicted molar refractivity (Wildman–Crippen MR) is 138 cm³/mol. The van der Waals surface area contributed by atoms with E-state index in [0.717, 1.165) is 29.6 Å². The summed E-state index contributed by atoms with van der Waals surface area (Å²) in [5.41, 5.74) is 8.32. The lowest BCUT2D eigenvalue weighted by atomic mass is 9.78. The summed E-state index contributed by atoms with van der Waals surface area (Å²) in [5, 5.41) is 2.85. The van der Waals surface area contributed by atoms with Gasteiger partial charge in [-0.15, -0.1) is 0 Å². The van der Waals surface area contributed by atoms with Crippen LogP contribution in [0.3, 0.4) is 0 Å². The van der Waals surface area contributed by atoms with E-state index in [1.165, 1.54) is 33.0 Å². The normalized spacial score (nSPS) is 16.5. The number of hydrogen-bond donors (Lipinski definition) is 2. The molecule has 2 heterocycles. The molecule has 3 aromatic carbocycles. The molecule has 0 fully saturated rings. The molecular weight excluding hydrogens is 422 g/mol. The second-order valence-corrected chi connectivity index (χ2v) is 9.86. The summed E-state index contributed by atoms with van der Waals surface area (Å²) in [4.78, 5) is 29.3. The lowest BCUT2D eigenvalue weighted by molar-refractivity contribution is 0.608. The molecule has 2 aliphatic carbocycles. The molecule has 0 aliphatic heterocycles. The predicted octanol–water partition coefficient (Wildman–Crippen LogP) is 5.71. The van der Waals surface area contributed by atoms with Gasteiger partial charge in [-0.05, 0) is 65.9 Å². The van der Waals surface area contributed by atoms with Crippen LogP contribution in [0.25, 0.3) is 44.0 Å². The maximum atomic E-state index is 12.5. The number of hydrogen-bond acceptors (Lipinski definition) is 2. The van der Waals surface area contributed by atoms with Crippen LogP contribution in [-0.4, -0.2) is 14.5 Å². The lowest BCUT2D eigenvalue weighted by Gasteiger charge is -2.25. The molecule has 2 aliphatic rings. The first-order valence-electron chi connectivity index (χ1n) is 11.7. The van der Waals surface area contributed by atoms with Crippen LogP contribution >= 0.6 is 0 Å². The number of nitrogens with zero attached hydrogens (tertiary/aromatic N) is 1. The van der Waals surface area contributed by atoms with Gasteiger partial charge in [-0.1, -0.05) is 49.8 Å². The van der Waals surface area contributed by atoms with Crippen molar-refractivity contribution in [1.82, 2.24) is 14.5 Å². The van der Waals surface area contributed by atoms with Gasteiger partial charge in [-0.25, -0.2) is 4.79 Å². The molecule has 0 unspecified atom stereocenters. The van der Waals surface area contributed by atoms with E-state index in [-0.39, 0.29) is 11.0 Å². The first-order valence-corrected chi connectivity index (χ1v) is 11.7. The molecule has 2 aromatic heterocycles. The van der Waals surface area contributed by atoms with Gasteiger partial charge in [0.15, 0.2) is 0 Å². The van der Waals surface area contributed by atoms with E-state index < -0.39 is 5.69 Å². The Morgan fingerprint density at radius 2 is 1.74 bits per heavy atom. The quantitative estimate of drug-likeness (QED) is 0.347. The van der Waals surface area contributed by atoms with Gasteiger partial charge >= 0.3 is 5.69 Å². The Balaban J connectivity index is 1.59. The van der Waals surface area contributed by atoms with E-state index in [1.54, 1.807) is 0 Å². The Morgan fingerprint density at radius 3 is 2.62 bits per heavy atom. The minimum absolute atomic E-state index is 0.0229. The molecule has 0 atom stereocenters. The standard InChI is InChI=1S/C29H23N3O2/c1-29(2)22-9-5-3-7-17(22)19-14-20-18-8-4-6-10-25(18)32(26(20)15-23(19)29)16-11-12-24-21(13-16)27(33)31-28(34)30-24/h3-4,6-8,10-15H,5,9H2,1-2H3,(H2,30,31,33,34). The van der Waals surface area contributed by atoms with Crippen molar-refractivity contribution in [3.05, 3.63) is 104 Å². The third-order valence-electron chi connectivity index (χ3n) is 7.68. The van der Waals surface area contributed by atoms with Gasteiger partial charge in [0.05, 0.1) is 21.9 Å². The van der Waals surface area contributed by atoms with E-state index in [2.05, 4.69) is 70.9 Å². The van der Waals surface area contributed by atoms with Crippen LogP contribution in [0.1, 0.15) is 37.8 Å². The molecule has 34 heavy (non-hydrogen) atoms. The number of aromatic nitrogens is 3. The van der Waals surface area contributed by atoms with Crippen molar-refractivity contribution in [3.8, 4) is 5.69 Å². The molecule has 5 heteroatoms. The first-order chi connectivity index (χ1) is 16.4. The van der Waals surface area contributed by atoms with Crippen LogP contribution in [-0.2, 0) is 5.41 Å². The molecule has 2 N–H and O–H groups in total. The summed E-state index contributed by atoms with van der Waals surface area (Å²) in [6.45, 7) is 4.66. The molecule has 166 valence electrons. The minimum Gasteiger partial charge on any atom is -0.309 e. The SMILES string of the molecule is CC1(C)C2=C(C=CCC2)c2cc3c4ccccc4n(-c4ccc5[nH]c(=O)[nH]c(=O)c5c4)c3cc21. The zero-order chi connectivity index (χ0) is 23.2. The van der Waals surface area contributed by atoms with Crippen molar-refractivity contribution in [2.75, 3.05) is 0 Å². The minimum atomic E-state index is -0.495. The average molecular weight is 446 g/mol. The summed E-state index contributed by atoms with van der Waals surface area (Å²) in [7, 11) is 0. The molecule has 0 spiro atoms. The van der Waals surface area contributed by atoms with Gasteiger partial charge in [0.25, 0.3) is 5.56 Å². The smallest absolute Gasteiger partial charge is 0.309 e. The number of H-pyrrole nitrogens is 2. The van der Waals surface area contributed by atoms with E-state index in [1.807, 2.05) is 24.3 Å². The maximum absolute atomic E-state index is 12.5. The van der Waals surface area contributed by atoms with Crippen molar-refractivity contribution in [1.29, 1.82) is 0 Å². The summed E-state index contributed by atoms with van der Waals surface area (Å²) in [6.07, 6.45) is 6.78. The molecule has 0 amide bonds. The lowest BCUT2D eigenvalue weighted by Crippen LogP contribution is -2.21. The molecular formula is C29H23N3O2. The number of aromatic amines is 2. The Morgan fingerprint density at radius 1 is 0.882 bits per heavy atom. The molecule has 0 saturated carbocycles. The Kier molecular flexibility index (Phi) is 3.69. The number of nitrogens with one attached hydrogen (secondary N) is 2. The van der Waals surface area contributed by atoms with Gasteiger partial charge in [0, 0.05) is 21.9 Å². The van der Waals surface area contributed by atoms with Gasteiger partial charge in [-0.2, -0.15) is 0 Å². The Bertz CT molecular complexity index is 1880. The van der Waals surface area contributed by atoms with Crippen LogP contribution in [0.4, 0.5) is 0 Å². The largest absolute Gasteiger partial charge is 0.326 e. The van der Waals surface area contributed by atoms with Crippen LogP contribution < -0.4 is 11.2 Å². The van der Waals surface area contributed by atoms with E-state index >= 15 is 0 Å². The fourth-order valence-electron chi connectivity index (χ4n) is 6.05. The van der Waals surface area contributed by atoms with Crippen molar-refractivity contribution in [2.24, 2.45) is 0 Å². The molecule has 0 bridgehead atoms. The molecule has 0 saturated heterocycles. The summed E-state index contributed by atoms with van der Waals surface area (Å²) in [6, 6.07) is 18.7. The monoisotopic (exact) mass is 445 g/mol. The van der Waals surface area contributed by atoms with Crippen LogP contribution in [0.5, 0.6) is 0 Å². The molecule has 7 rings (SSSR count). The number of fused-ring (bicyclic) bond motifs is 6. The molecule has 5 aromatic rings. The van der Waals surface area contributed by atoms with E-state index in [4.69, 9.17) is 0 Å². The second-order valence-electron chi connectivity index (χ2n) is 9.86. The van der Waals surface area contributed by atoms with Crippen molar-refractivity contribution in [3.63, 3.8) is 0 Å². The summed E-state index contributed by atoms with van der Waals surface area (Å²) >= 11 is 0. The number of allylic oxidation sites excluding steroid dienone is 4. The van der Waals surface area contributed by atoms with E-state index in [9.17, 15) is 9.59 Å². The van der Waals surface area contributed by atoms with Gasteiger partial charge in [0.2, 0.25) is 0 Å². The number of para-hydroxylation sites is 1. The van der Waals surface area contributed by atoms with Crippen molar-refractivity contribution < 1.29 is 0 Å². The highest BCUT2D eigenvalue weighted by Crippen LogP contribution is 2.51. The second kappa shape index (κ2) is 6.48. The Hall–Kier alpha value is -4.12. The van der Waals surface area contributed by atoms with Crippen LogP contribution in [0.15, 0.2) is 81.9 Å². The van der Waals surface area contributed by atoms with Gasteiger partial charge < -0.3 is 9.55 Å².